The molecule has 0 atom stereocenters. The lowest BCUT2D eigenvalue weighted by Gasteiger charge is -2.23. The summed E-state index contributed by atoms with van der Waals surface area (Å²) < 4.78 is 5.29. The molecular weight excluding hydrogens is 346 g/mol. The highest BCUT2D eigenvalue weighted by Gasteiger charge is 2.27. The number of nitriles is 1. The smallest absolute Gasteiger partial charge is 0.293 e. The Morgan fingerprint density at radius 1 is 0.929 bits per heavy atom. The van der Waals surface area contributed by atoms with Crippen LogP contribution < -0.4 is 14.6 Å². The molecule has 0 amide bonds. The first-order chi connectivity index (χ1) is 13.8. The average molecular weight is 370 g/mol. The number of nitrogens with one attached hydrogen (secondary N) is 1. The molecule has 0 unspecified atom stereocenters. The second-order valence-corrected chi connectivity index (χ2v) is 7.07. The highest BCUT2D eigenvalue weighted by atomic mass is 16.5. The lowest BCUT2D eigenvalue weighted by Crippen LogP contribution is -2.35. The van der Waals surface area contributed by atoms with Crippen LogP contribution in [0, 0.1) is 11.3 Å². The number of nitrogens with zero attached hydrogens (tertiary/aromatic N) is 2. The Bertz CT molecular complexity index is 985. The third kappa shape index (κ3) is 3.57. The number of aromatic amines is 1. The number of hydrogen-bond donors (Lipinski definition) is 0. The summed E-state index contributed by atoms with van der Waals surface area (Å²) in [4.78, 5) is 5.88. The summed E-state index contributed by atoms with van der Waals surface area (Å²) in [6.45, 7) is 1.96. The Labute approximate surface area is 166 Å². The van der Waals surface area contributed by atoms with Crippen LogP contribution in [0.15, 0.2) is 60.7 Å². The van der Waals surface area contributed by atoms with Gasteiger partial charge in [-0.2, -0.15) is 5.26 Å². The molecule has 28 heavy (non-hydrogen) atoms. The first-order valence-corrected chi connectivity index (χ1v) is 9.75. The van der Waals surface area contributed by atoms with Crippen LogP contribution >= 0.6 is 0 Å². The van der Waals surface area contributed by atoms with Crippen molar-refractivity contribution in [1.29, 1.82) is 5.26 Å². The molecule has 1 fully saturated rings. The minimum absolute atomic E-state index is 0.701. The molecule has 4 heteroatoms. The molecule has 0 radical (unpaired) electrons. The molecule has 2 heterocycles. The highest BCUT2D eigenvalue weighted by molar-refractivity contribution is 5.79. The maximum Gasteiger partial charge on any atom is 0.293 e. The summed E-state index contributed by atoms with van der Waals surface area (Å²) in [7, 11) is 1.66. The zero-order valence-electron chi connectivity index (χ0n) is 16.1. The molecule has 1 aliphatic rings. The van der Waals surface area contributed by atoms with Gasteiger partial charge in [0, 0.05) is 11.1 Å². The van der Waals surface area contributed by atoms with Crippen LogP contribution in [0.1, 0.15) is 24.8 Å². The van der Waals surface area contributed by atoms with Gasteiger partial charge in [-0.15, -0.1) is 0 Å². The van der Waals surface area contributed by atoms with E-state index in [9.17, 15) is 5.26 Å². The van der Waals surface area contributed by atoms with E-state index < -0.39 is 0 Å². The predicted molar refractivity (Wildman–Crippen MR) is 111 cm³/mol. The molecular formula is C24H24N3O+. The number of pyridine rings is 1. The van der Waals surface area contributed by atoms with E-state index in [1.54, 1.807) is 7.11 Å². The fourth-order valence-electron chi connectivity index (χ4n) is 3.81. The summed E-state index contributed by atoms with van der Waals surface area (Å²) in [5.41, 5.74) is 4.79. The Morgan fingerprint density at radius 3 is 2.29 bits per heavy atom. The van der Waals surface area contributed by atoms with Crippen molar-refractivity contribution in [2.45, 2.75) is 19.3 Å². The third-order valence-corrected chi connectivity index (χ3v) is 5.32. The van der Waals surface area contributed by atoms with E-state index in [4.69, 9.17) is 4.74 Å². The average Bonchev–Trinajstić information content (AvgIpc) is 2.79. The fourth-order valence-corrected chi connectivity index (χ4v) is 3.81. The van der Waals surface area contributed by atoms with E-state index in [1.807, 2.05) is 42.5 Å². The number of H-pyrrole nitrogens is 1. The van der Waals surface area contributed by atoms with Crippen LogP contribution in [0.4, 0.5) is 5.82 Å². The monoisotopic (exact) mass is 370 g/mol. The minimum atomic E-state index is 0.701. The lowest BCUT2D eigenvalue weighted by atomic mass is 9.97. The summed E-state index contributed by atoms with van der Waals surface area (Å²) in [6.07, 6.45) is 3.57. The molecule has 1 N–H and O–H groups in total. The van der Waals surface area contributed by atoms with E-state index in [-0.39, 0.29) is 0 Å². The number of benzene rings is 2. The van der Waals surface area contributed by atoms with Gasteiger partial charge in [0.1, 0.15) is 23.1 Å². The number of aromatic nitrogens is 1. The number of piperidine rings is 1. The SMILES string of the molecule is COc1ccc(-c2cc(-c3ccccc3)[nH+]c(N3CCCCC3)c2C#N)cc1. The van der Waals surface area contributed by atoms with Crippen LogP contribution in [0.5, 0.6) is 5.75 Å². The van der Waals surface area contributed by atoms with Crippen molar-refractivity contribution in [2.24, 2.45) is 0 Å². The molecule has 0 saturated carbocycles. The number of methoxy groups -OCH3 is 1. The van der Waals surface area contributed by atoms with Gasteiger partial charge in [-0.3, -0.25) is 4.90 Å². The molecule has 4 rings (SSSR count). The van der Waals surface area contributed by atoms with Crippen molar-refractivity contribution in [3.63, 3.8) is 0 Å². The number of anilines is 1. The predicted octanol–water partition coefficient (Wildman–Crippen LogP) is 4.71. The molecule has 1 saturated heterocycles. The van der Waals surface area contributed by atoms with Gasteiger partial charge in [-0.1, -0.05) is 42.5 Å². The first-order valence-electron chi connectivity index (χ1n) is 9.75. The Morgan fingerprint density at radius 2 is 1.64 bits per heavy atom. The normalized spacial score (nSPS) is 13.8. The molecule has 1 aliphatic heterocycles. The van der Waals surface area contributed by atoms with E-state index >= 15 is 0 Å². The number of rotatable bonds is 4. The van der Waals surface area contributed by atoms with Crippen LogP contribution in [-0.2, 0) is 0 Å². The third-order valence-electron chi connectivity index (χ3n) is 5.32. The summed E-state index contributed by atoms with van der Waals surface area (Å²) >= 11 is 0. The van der Waals surface area contributed by atoms with Crippen LogP contribution in [0.25, 0.3) is 22.4 Å². The quantitative estimate of drug-likeness (QED) is 0.668. The minimum Gasteiger partial charge on any atom is -0.497 e. The van der Waals surface area contributed by atoms with Gasteiger partial charge >= 0.3 is 0 Å². The largest absolute Gasteiger partial charge is 0.497 e. The summed E-state index contributed by atoms with van der Waals surface area (Å²) in [5, 5.41) is 10.0. The summed E-state index contributed by atoms with van der Waals surface area (Å²) in [6, 6.07) is 22.7. The molecule has 1 aromatic heterocycles. The van der Waals surface area contributed by atoms with Crippen molar-refractivity contribution in [2.75, 3.05) is 25.1 Å². The molecule has 3 aromatic rings. The van der Waals surface area contributed by atoms with E-state index in [1.165, 1.54) is 6.42 Å². The lowest BCUT2D eigenvalue weighted by molar-refractivity contribution is -0.351. The number of ether oxygens (including phenoxy) is 1. The van der Waals surface area contributed by atoms with Gasteiger partial charge in [-0.05, 0) is 43.0 Å². The van der Waals surface area contributed by atoms with Crippen molar-refractivity contribution in [3.05, 3.63) is 66.2 Å². The van der Waals surface area contributed by atoms with Crippen LogP contribution in [0.2, 0.25) is 0 Å². The second kappa shape index (κ2) is 8.14. The highest BCUT2D eigenvalue weighted by Crippen LogP contribution is 2.33. The van der Waals surface area contributed by atoms with Gasteiger partial charge in [0.25, 0.3) is 5.82 Å². The maximum absolute atomic E-state index is 10.0. The van der Waals surface area contributed by atoms with E-state index in [0.717, 1.165) is 59.9 Å². The Balaban J connectivity index is 1.90. The Kier molecular flexibility index (Phi) is 5.25. The first kappa shape index (κ1) is 18.1. The van der Waals surface area contributed by atoms with Gasteiger partial charge in [0.15, 0.2) is 0 Å². The summed E-state index contributed by atoms with van der Waals surface area (Å²) in [5.74, 6) is 1.73. The van der Waals surface area contributed by atoms with Crippen LogP contribution in [-0.4, -0.2) is 20.2 Å². The van der Waals surface area contributed by atoms with E-state index in [0.29, 0.717) is 5.56 Å². The van der Waals surface area contributed by atoms with Crippen LogP contribution in [0.3, 0.4) is 0 Å². The molecule has 2 aromatic carbocycles. The molecule has 0 aliphatic carbocycles. The zero-order valence-corrected chi connectivity index (χ0v) is 16.1. The second-order valence-electron chi connectivity index (χ2n) is 7.07. The van der Waals surface area contributed by atoms with Crippen molar-refractivity contribution >= 4 is 5.82 Å². The molecule has 0 bridgehead atoms. The Hall–Kier alpha value is -3.32. The van der Waals surface area contributed by atoms with Crippen molar-refractivity contribution in [3.8, 4) is 34.2 Å². The standard InChI is InChI=1S/C24H23N3O/c1-28-20-12-10-18(11-13-20)21-16-23(19-8-4-2-5-9-19)26-24(22(21)17-25)27-14-6-3-7-15-27/h2,4-5,8-13,16H,3,6-7,14-15H2,1H3/p+1. The van der Waals surface area contributed by atoms with E-state index in [2.05, 4.69) is 34.2 Å². The fraction of sp³-hybridized carbons (Fsp3) is 0.250. The van der Waals surface area contributed by atoms with Gasteiger partial charge < -0.3 is 4.74 Å². The molecule has 140 valence electrons. The van der Waals surface area contributed by atoms with Gasteiger partial charge in [0.05, 0.1) is 20.2 Å². The van der Waals surface area contributed by atoms with Crippen molar-refractivity contribution < 1.29 is 9.72 Å². The molecule has 0 spiro atoms. The topological polar surface area (TPSA) is 50.4 Å². The van der Waals surface area contributed by atoms with Crippen molar-refractivity contribution in [1.82, 2.24) is 0 Å². The van der Waals surface area contributed by atoms with Gasteiger partial charge in [0.2, 0.25) is 0 Å². The number of hydrogen-bond acceptors (Lipinski definition) is 3. The maximum atomic E-state index is 10.0. The molecule has 4 nitrogen and oxygen atoms in total. The zero-order chi connectivity index (χ0) is 19.3. The van der Waals surface area contributed by atoms with Gasteiger partial charge in [-0.25, -0.2) is 4.98 Å².